The zero-order valence-electron chi connectivity index (χ0n) is 15.4. The van der Waals surface area contributed by atoms with Gasteiger partial charge < -0.3 is 24.8 Å². The summed E-state index contributed by atoms with van der Waals surface area (Å²) in [6, 6.07) is 15.0. The van der Waals surface area contributed by atoms with Crippen molar-refractivity contribution in [3.05, 3.63) is 59.7 Å². The topological polar surface area (TPSA) is 96.2 Å². The Labute approximate surface area is 159 Å². The van der Waals surface area contributed by atoms with Crippen molar-refractivity contribution in [2.24, 2.45) is 0 Å². The summed E-state index contributed by atoms with van der Waals surface area (Å²) in [4.78, 5) is 11.2. The summed E-state index contributed by atoms with van der Waals surface area (Å²) in [6.45, 7) is 2.37. The second kappa shape index (κ2) is 9.94. The van der Waals surface area contributed by atoms with E-state index in [0.717, 1.165) is 11.1 Å². The van der Waals surface area contributed by atoms with Crippen LogP contribution in [0.25, 0.3) is 0 Å². The van der Waals surface area contributed by atoms with E-state index >= 15 is 0 Å². The number of benzene rings is 2. The largest absolute Gasteiger partial charge is 0.491 e. The Balaban J connectivity index is 2.29. The maximum Gasteiger partial charge on any atom is 0.303 e. The van der Waals surface area contributed by atoms with Gasteiger partial charge in [0, 0.05) is 11.8 Å². The molecule has 0 aliphatic heterocycles. The normalized spacial score (nSPS) is 11.2. The third-order valence-electron chi connectivity index (χ3n) is 4.54. The first-order valence-corrected chi connectivity index (χ1v) is 8.90. The Kier molecular flexibility index (Phi) is 7.64. The number of aliphatic hydroxyl groups is 2. The molecular formula is C21H26O6. The van der Waals surface area contributed by atoms with Gasteiger partial charge in [-0.2, -0.15) is 0 Å². The summed E-state index contributed by atoms with van der Waals surface area (Å²) in [5, 5.41) is 26.9. The molecule has 2 aromatic rings. The predicted molar refractivity (Wildman–Crippen MR) is 101 cm³/mol. The van der Waals surface area contributed by atoms with E-state index in [0.29, 0.717) is 17.9 Å². The second-order valence-electron chi connectivity index (χ2n) is 6.42. The molecule has 0 unspecified atom stereocenters. The minimum atomic E-state index is -0.841. The summed E-state index contributed by atoms with van der Waals surface area (Å²) in [5.41, 5.74) is 1.46. The molecule has 146 valence electrons. The van der Waals surface area contributed by atoms with E-state index in [1.54, 1.807) is 0 Å². The molecule has 6 nitrogen and oxygen atoms in total. The van der Waals surface area contributed by atoms with Crippen LogP contribution >= 0.6 is 0 Å². The van der Waals surface area contributed by atoms with Crippen LogP contribution in [0.15, 0.2) is 48.5 Å². The van der Waals surface area contributed by atoms with Crippen molar-refractivity contribution in [3.8, 4) is 11.5 Å². The molecule has 27 heavy (non-hydrogen) atoms. The summed E-state index contributed by atoms with van der Waals surface area (Å²) in [7, 11) is 0. The van der Waals surface area contributed by atoms with Crippen molar-refractivity contribution in [1.82, 2.24) is 0 Å². The molecule has 0 radical (unpaired) electrons. The van der Waals surface area contributed by atoms with Gasteiger partial charge in [-0.3, -0.25) is 4.79 Å². The predicted octanol–water partition coefficient (Wildman–Crippen LogP) is 2.60. The van der Waals surface area contributed by atoms with Crippen molar-refractivity contribution in [2.45, 2.75) is 25.2 Å². The molecule has 0 aliphatic rings. The second-order valence-corrected chi connectivity index (χ2v) is 6.42. The van der Waals surface area contributed by atoms with Crippen LogP contribution in [0.4, 0.5) is 0 Å². The van der Waals surface area contributed by atoms with Gasteiger partial charge in [-0.15, -0.1) is 0 Å². The Bertz CT molecular complexity index is 657. The Morgan fingerprint density at radius 3 is 1.59 bits per heavy atom. The zero-order valence-corrected chi connectivity index (χ0v) is 15.4. The first kappa shape index (κ1) is 20.7. The molecule has 0 aliphatic carbocycles. The maximum atomic E-state index is 11.2. The highest BCUT2D eigenvalue weighted by Gasteiger charge is 2.29. The van der Waals surface area contributed by atoms with Gasteiger partial charge in [0.05, 0.1) is 13.2 Å². The molecule has 0 fully saturated rings. The highest BCUT2D eigenvalue weighted by molar-refractivity contribution is 5.67. The Hall–Kier alpha value is -2.57. The van der Waals surface area contributed by atoms with Crippen molar-refractivity contribution in [1.29, 1.82) is 0 Å². The lowest BCUT2D eigenvalue weighted by atomic mass is 9.73. The third kappa shape index (κ3) is 5.70. The Morgan fingerprint density at radius 2 is 1.26 bits per heavy atom. The third-order valence-corrected chi connectivity index (χ3v) is 4.54. The molecule has 0 atom stereocenters. The fourth-order valence-corrected chi connectivity index (χ4v) is 2.98. The maximum absolute atomic E-state index is 11.2. The van der Waals surface area contributed by atoms with Gasteiger partial charge in [0.25, 0.3) is 0 Å². The summed E-state index contributed by atoms with van der Waals surface area (Å²) < 4.78 is 10.8. The lowest BCUT2D eigenvalue weighted by molar-refractivity contribution is -0.137. The van der Waals surface area contributed by atoms with E-state index in [2.05, 4.69) is 0 Å². The number of rotatable bonds is 11. The van der Waals surface area contributed by atoms with Gasteiger partial charge in [-0.25, -0.2) is 0 Å². The van der Waals surface area contributed by atoms with Gasteiger partial charge in [0.15, 0.2) is 0 Å². The fraction of sp³-hybridized carbons (Fsp3) is 0.381. The molecule has 0 saturated heterocycles. The molecule has 0 bridgehead atoms. The standard InChI is InChI=1S/C21H26O6/c1-21(11-10-20(24)25,16-2-6-18(7-3-16)26-14-12-22)17-4-8-19(9-5-17)27-15-13-23/h2-9,22-23H,10-15H2,1H3,(H,24,25). The van der Waals surface area contributed by atoms with Crippen LogP contribution in [-0.4, -0.2) is 47.7 Å². The van der Waals surface area contributed by atoms with Crippen molar-refractivity contribution in [2.75, 3.05) is 26.4 Å². The van der Waals surface area contributed by atoms with Gasteiger partial charge in [-0.1, -0.05) is 31.2 Å². The molecule has 0 heterocycles. The summed E-state index contributed by atoms with van der Waals surface area (Å²) in [5.74, 6) is 0.467. The van der Waals surface area contributed by atoms with Gasteiger partial charge in [0.1, 0.15) is 24.7 Å². The van der Waals surface area contributed by atoms with Gasteiger partial charge >= 0.3 is 5.97 Å². The minimum Gasteiger partial charge on any atom is -0.491 e. The molecule has 0 amide bonds. The van der Waals surface area contributed by atoms with Crippen molar-refractivity contribution >= 4 is 5.97 Å². The highest BCUT2D eigenvalue weighted by atomic mass is 16.5. The quantitative estimate of drug-likeness (QED) is 0.559. The molecule has 0 spiro atoms. The molecule has 2 aromatic carbocycles. The number of carboxylic acid groups (broad SMARTS) is 1. The van der Waals surface area contributed by atoms with E-state index < -0.39 is 11.4 Å². The van der Waals surface area contributed by atoms with Gasteiger partial charge in [-0.05, 0) is 41.8 Å². The minimum absolute atomic E-state index is 0.0437. The fourth-order valence-electron chi connectivity index (χ4n) is 2.98. The molecular weight excluding hydrogens is 348 g/mol. The monoisotopic (exact) mass is 374 g/mol. The van der Waals surface area contributed by atoms with Gasteiger partial charge in [0.2, 0.25) is 0 Å². The number of hydrogen-bond acceptors (Lipinski definition) is 5. The van der Waals surface area contributed by atoms with Crippen LogP contribution < -0.4 is 9.47 Å². The van der Waals surface area contributed by atoms with E-state index in [-0.39, 0.29) is 32.8 Å². The highest BCUT2D eigenvalue weighted by Crippen LogP contribution is 2.37. The lowest BCUT2D eigenvalue weighted by Gasteiger charge is -2.31. The average Bonchev–Trinajstić information content (AvgIpc) is 2.69. The van der Waals surface area contributed by atoms with Crippen LogP contribution in [-0.2, 0) is 10.2 Å². The summed E-state index contributed by atoms with van der Waals surface area (Å²) in [6.07, 6.45) is 0.484. The van der Waals surface area contributed by atoms with E-state index in [4.69, 9.17) is 24.8 Å². The first-order valence-electron chi connectivity index (χ1n) is 8.90. The van der Waals surface area contributed by atoms with Crippen LogP contribution in [0, 0.1) is 0 Å². The summed E-state index contributed by atoms with van der Waals surface area (Å²) >= 11 is 0. The van der Waals surface area contributed by atoms with Crippen LogP contribution in [0.2, 0.25) is 0 Å². The number of carbonyl (C=O) groups is 1. The van der Waals surface area contributed by atoms with E-state index in [9.17, 15) is 4.79 Å². The average molecular weight is 374 g/mol. The lowest BCUT2D eigenvalue weighted by Crippen LogP contribution is -2.25. The molecule has 3 N–H and O–H groups in total. The SMILES string of the molecule is CC(CCC(=O)O)(c1ccc(OCCO)cc1)c1ccc(OCCO)cc1. The number of ether oxygens (including phenoxy) is 2. The molecule has 6 heteroatoms. The number of aliphatic hydroxyl groups excluding tert-OH is 2. The number of aliphatic carboxylic acids is 1. The van der Waals surface area contributed by atoms with Crippen molar-refractivity contribution in [3.63, 3.8) is 0 Å². The van der Waals surface area contributed by atoms with Crippen LogP contribution in [0.3, 0.4) is 0 Å². The molecule has 0 aromatic heterocycles. The first-order chi connectivity index (χ1) is 13.0. The molecule has 0 saturated carbocycles. The van der Waals surface area contributed by atoms with Crippen LogP contribution in [0.1, 0.15) is 30.9 Å². The Morgan fingerprint density at radius 1 is 0.852 bits per heavy atom. The molecule has 2 rings (SSSR count). The smallest absolute Gasteiger partial charge is 0.303 e. The number of hydrogen-bond donors (Lipinski definition) is 3. The van der Waals surface area contributed by atoms with Crippen molar-refractivity contribution < 1.29 is 29.6 Å². The number of carboxylic acids is 1. The van der Waals surface area contributed by atoms with E-state index in [1.807, 2.05) is 55.5 Å². The van der Waals surface area contributed by atoms with E-state index in [1.165, 1.54) is 0 Å². The van der Waals surface area contributed by atoms with Crippen LogP contribution in [0.5, 0.6) is 11.5 Å². The zero-order chi connectivity index (χ0) is 19.7.